The molecular weight excluding hydrogens is 384 g/mol. The fourth-order valence-corrected chi connectivity index (χ4v) is 3.17. The fourth-order valence-electron chi connectivity index (χ4n) is 3.17. The van der Waals surface area contributed by atoms with Gasteiger partial charge in [0.15, 0.2) is 11.5 Å². The van der Waals surface area contributed by atoms with Crippen LogP contribution in [-0.4, -0.2) is 40.1 Å². The van der Waals surface area contributed by atoms with Crippen molar-refractivity contribution in [2.24, 2.45) is 4.99 Å². The zero-order valence-corrected chi connectivity index (χ0v) is 16.3. The molecule has 0 radical (unpaired) electrons. The highest BCUT2D eigenvalue weighted by Gasteiger charge is 2.17. The van der Waals surface area contributed by atoms with Crippen LogP contribution in [0.3, 0.4) is 0 Å². The second kappa shape index (κ2) is 8.04. The molecule has 4 rings (SSSR count). The van der Waals surface area contributed by atoms with Gasteiger partial charge in [0.1, 0.15) is 0 Å². The highest BCUT2D eigenvalue weighted by Crippen LogP contribution is 2.32. The molecule has 1 N–H and O–H groups in total. The van der Waals surface area contributed by atoms with E-state index in [2.05, 4.69) is 15.0 Å². The highest BCUT2D eigenvalue weighted by atomic mass is 16.5. The average Bonchev–Trinajstić information content (AvgIpc) is 2.79. The van der Waals surface area contributed by atoms with E-state index in [4.69, 9.17) is 9.47 Å². The van der Waals surface area contributed by atoms with E-state index in [0.29, 0.717) is 33.5 Å². The summed E-state index contributed by atoms with van der Waals surface area (Å²) >= 11 is 0. The van der Waals surface area contributed by atoms with Gasteiger partial charge in [0.05, 0.1) is 25.5 Å². The molecule has 0 aliphatic carbocycles. The summed E-state index contributed by atoms with van der Waals surface area (Å²) in [5.41, 5.74) is 0.419. The second-order valence-electron chi connectivity index (χ2n) is 6.27. The zero-order chi connectivity index (χ0) is 21.1. The van der Waals surface area contributed by atoms with E-state index in [1.54, 1.807) is 60.9 Å². The maximum Gasteiger partial charge on any atom is 0.265 e. The van der Waals surface area contributed by atoms with E-state index in [1.807, 2.05) is 0 Å². The first kappa shape index (κ1) is 19.1. The minimum Gasteiger partial charge on any atom is -0.494 e. The molecule has 8 heteroatoms. The molecule has 0 saturated heterocycles. The third-order valence-corrected chi connectivity index (χ3v) is 4.59. The van der Waals surface area contributed by atoms with Crippen LogP contribution in [0.5, 0.6) is 17.4 Å². The molecule has 8 nitrogen and oxygen atoms in total. The standard InChI is InChI=1S/C22H18N4O4/c1-29-18-9-8-14(12-19(18)30-2)26-20(27)16-7-4-3-6-15(16)17(21(26)28)13-25-22-23-10-5-11-24-22/h3-13,28H,1-2H3/b25-13+. The molecule has 2 aromatic heterocycles. The minimum atomic E-state index is -0.372. The van der Waals surface area contributed by atoms with E-state index in [9.17, 15) is 9.90 Å². The smallest absolute Gasteiger partial charge is 0.265 e. The summed E-state index contributed by atoms with van der Waals surface area (Å²) in [6, 6.07) is 13.6. The Morgan fingerprint density at radius 1 is 0.967 bits per heavy atom. The van der Waals surface area contributed by atoms with Crippen molar-refractivity contribution in [1.82, 2.24) is 14.5 Å². The van der Waals surface area contributed by atoms with Crippen molar-refractivity contribution in [3.8, 4) is 23.1 Å². The number of aliphatic imine (C=N–C) groups is 1. The number of ether oxygens (including phenoxy) is 2. The topological polar surface area (TPSA) is 98.8 Å². The van der Waals surface area contributed by atoms with Gasteiger partial charge in [-0.2, -0.15) is 0 Å². The highest BCUT2D eigenvalue weighted by molar-refractivity contribution is 6.02. The Kier molecular flexibility index (Phi) is 5.13. The molecule has 30 heavy (non-hydrogen) atoms. The van der Waals surface area contributed by atoms with Gasteiger partial charge in [0.25, 0.3) is 5.56 Å². The van der Waals surface area contributed by atoms with Crippen LogP contribution in [0.4, 0.5) is 5.95 Å². The normalized spacial score (nSPS) is 11.1. The zero-order valence-electron chi connectivity index (χ0n) is 16.3. The Morgan fingerprint density at radius 2 is 1.67 bits per heavy atom. The van der Waals surface area contributed by atoms with Crippen LogP contribution in [0.1, 0.15) is 5.56 Å². The summed E-state index contributed by atoms with van der Waals surface area (Å²) in [6.45, 7) is 0. The van der Waals surface area contributed by atoms with E-state index in [-0.39, 0.29) is 17.4 Å². The van der Waals surface area contributed by atoms with Gasteiger partial charge in [-0.25, -0.2) is 19.5 Å². The molecule has 0 amide bonds. The van der Waals surface area contributed by atoms with Crippen LogP contribution in [0.2, 0.25) is 0 Å². The van der Waals surface area contributed by atoms with Crippen molar-refractivity contribution in [3.63, 3.8) is 0 Å². The third-order valence-electron chi connectivity index (χ3n) is 4.59. The Labute approximate surface area is 171 Å². The monoisotopic (exact) mass is 402 g/mol. The van der Waals surface area contributed by atoms with Gasteiger partial charge in [0.2, 0.25) is 11.8 Å². The number of aromatic nitrogens is 3. The average molecular weight is 402 g/mol. The molecule has 0 spiro atoms. The Balaban J connectivity index is 1.98. The summed E-state index contributed by atoms with van der Waals surface area (Å²) in [5.74, 6) is 0.926. The van der Waals surface area contributed by atoms with Crippen molar-refractivity contribution in [2.45, 2.75) is 0 Å². The van der Waals surface area contributed by atoms with Gasteiger partial charge in [-0.1, -0.05) is 18.2 Å². The lowest BCUT2D eigenvalue weighted by Gasteiger charge is -2.15. The third kappa shape index (κ3) is 3.35. The van der Waals surface area contributed by atoms with E-state index in [0.717, 1.165) is 0 Å². The Hall–Kier alpha value is -4.20. The molecule has 0 aliphatic rings. The quantitative estimate of drug-likeness (QED) is 0.515. The van der Waals surface area contributed by atoms with Crippen molar-refractivity contribution in [1.29, 1.82) is 0 Å². The van der Waals surface area contributed by atoms with E-state index >= 15 is 0 Å². The molecule has 0 aliphatic heterocycles. The molecule has 0 bridgehead atoms. The lowest BCUT2D eigenvalue weighted by molar-refractivity contribution is 0.354. The first-order valence-electron chi connectivity index (χ1n) is 9.04. The number of methoxy groups -OCH3 is 2. The van der Waals surface area contributed by atoms with Gasteiger partial charge < -0.3 is 14.6 Å². The van der Waals surface area contributed by atoms with Crippen LogP contribution in [0.15, 0.2) is 70.7 Å². The molecule has 0 atom stereocenters. The number of aromatic hydroxyl groups is 1. The molecule has 0 unspecified atom stereocenters. The van der Waals surface area contributed by atoms with Crippen LogP contribution in [-0.2, 0) is 0 Å². The predicted molar refractivity (Wildman–Crippen MR) is 114 cm³/mol. The Morgan fingerprint density at radius 3 is 2.37 bits per heavy atom. The van der Waals surface area contributed by atoms with Crippen molar-refractivity contribution >= 4 is 22.9 Å². The molecule has 150 valence electrons. The molecule has 2 heterocycles. The first-order valence-corrected chi connectivity index (χ1v) is 9.04. The van der Waals surface area contributed by atoms with Gasteiger partial charge in [0, 0.05) is 35.4 Å². The predicted octanol–water partition coefficient (Wildman–Crippen LogP) is 3.25. The Bertz CT molecular complexity index is 1300. The summed E-state index contributed by atoms with van der Waals surface area (Å²) in [5, 5.41) is 12.0. The number of fused-ring (bicyclic) bond motifs is 1. The van der Waals surface area contributed by atoms with Gasteiger partial charge in [-0.3, -0.25) is 4.79 Å². The van der Waals surface area contributed by atoms with Crippen LogP contribution in [0, 0.1) is 0 Å². The van der Waals surface area contributed by atoms with Crippen molar-refractivity contribution < 1.29 is 14.6 Å². The number of pyridine rings is 1. The lowest BCUT2D eigenvalue weighted by Crippen LogP contribution is -2.20. The van der Waals surface area contributed by atoms with Gasteiger partial charge >= 0.3 is 0 Å². The summed E-state index contributed by atoms with van der Waals surface area (Å²) in [6.07, 6.45) is 4.59. The maximum atomic E-state index is 13.2. The molecule has 0 fully saturated rings. The number of nitrogens with zero attached hydrogens (tertiary/aromatic N) is 4. The summed E-state index contributed by atoms with van der Waals surface area (Å²) in [4.78, 5) is 25.5. The second-order valence-corrected chi connectivity index (χ2v) is 6.27. The number of hydrogen-bond acceptors (Lipinski definition) is 7. The first-order chi connectivity index (χ1) is 14.6. The van der Waals surface area contributed by atoms with Gasteiger partial charge in [-0.05, 0) is 24.3 Å². The van der Waals surface area contributed by atoms with Crippen LogP contribution in [0.25, 0.3) is 16.5 Å². The summed E-state index contributed by atoms with van der Waals surface area (Å²) < 4.78 is 11.8. The minimum absolute atomic E-state index is 0.241. The molecular formula is C22H18N4O4. The fraction of sp³-hybridized carbons (Fsp3) is 0.0909. The van der Waals surface area contributed by atoms with E-state index in [1.165, 1.54) is 25.0 Å². The van der Waals surface area contributed by atoms with Crippen molar-refractivity contribution in [2.75, 3.05) is 14.2 Å². The maximum absolute atomic E-state index is 13.2. The molecule has 0 saturated carbocycles. The van der Waals surface area contributed by atoms with Crippen LogP contribution < -0.4 is 15.0 Å². The summed E-state index contributed by atoms with van der Waals surface area (Å²) in [7, 11) is 3.03. The largest absolute Gasteiger partial charge is 0.494 e. The molecule has 4 aromatic rings. The number of rotatable bonds is 5. The van der Waals surface area contributed by atoms with E-state index < -0.39 is 0 Å². The lowest BCUT2D eigenvalue weighted by atomic mass is 10.1. The van der Waals surface area contributed by atoms with Gasteiger partial charge in [-0.15, -0.1) is 0 Å². The SMILES string of the molecule is COc1ccc(-n2c(O)c(/C=N/c3ncccn3)c3ccccc3c2=O)cc1OC. The van der Waals surface area contributed by atoms with Crippen LogP contribution >= 0.6 is 0 Å². The molecule has 2 aromatic carbocycles. The number of hydrogen-bond donors (Lipinski definition) is 1. The number of benzene rings is 2. The van der Waals surface area contributed by atoms with Crippen molar-refractivity contribution in [3.05, 3.63) is 76.8 Å².